The van der Waals surface area contributed by atoms with Gasteiger partial charge in [-0.2, -0.15) is 5.26 Å². The zero-order valence-electron chi connectivity index (χ0n) is 16.9. The molecule has 0 bridgehead atoms. The van der Waals surface area contributed by atoms with Crippen LogP contribution in [0.25, 0.3) is 0 Å². The molecular formula is C19H26FN3O4S. The van der Waals surface area contributed by atoms with Crippen LogP contribution < -0.4 is 0 Å². The molecule has 1 aliphatic rings. The first-order chi connectivity index (χ1) is 12.8. The number of nitrogens with zero attached hydrogens (tertiary/aromatic N) is 3. The number of alkyl halides is 1. The Morgan fingerprint density at radius 2 is 1.96 bits per heavy atom. The van der Waals surface area contributed by atoms with Crippen LogP contribution in [0.3, 0.4) is 0 Å². The number of ether oxygens (including phenoxy) is 2. The average Bonchev–Trinajstić information content (AvgIpc) is 2.84. The molecule has 1 aromatic rings. The van der Waals surface area contributed by atoms with Crippen molar-refractivity contribution in [3.8, 4) is 6.19 Å². The fourth-order valence-corrected chi connectivity index (χ4v) is 4.03. The van der Waals surface area contributed by atoms with Gasteiger partial charge in [-0.1, -0.05) is 12.1 Å². The molecule has 2 rings (SSSR count). The van der Waals surface area contributed by atoms with Crippen LogP contribution in [-0.4, -0.2) is 45.5 Å². The molecule has 1 fully saturated rings. The highest BCUT2D eigenvalue weighted by Crippen LogP contribution is 2.42. The second-order valence-corrected chi connectivity index (χ2v) is 10.4. The van der Waals surface area contributed by atoms with Crippen molar-refractivity contribution in [2.24, 2.45) is 4.36 Å². The van der Waals surface area contributed by atoms with E-state index in [9.17, 15) is 13.4 Å². The second kappa shape index (κ2) is 7.68. The lowest BCUT2D eigenvalue weighted by Crippen LogP contribution is -2.50. The van der Waals surface area contributed by atoms with E-state index in [4.69, 9.17) is 14.7 Å². The highest BCUT2D eigenvalue weighted by molar-refractivity contribution is 7.93. The Bertz CT molecular complexity index is 893. The van der Waals surface area contributed by atoms with Crippen LogP contribution in [0.1, 0.15) is 46.3 Å². The predicted octanol–water partition coefficient (Wildman–Crippen LogP) is 4.01. The molecule has 0 spiro atoms. The molecule has 1 unspecified atom stereocenters. The monoisotopic (exact) mass is 411 g/mol. The van der Waals surface area contributed by atoms with Crippen LogP contribution in [-0.2, 0) is 19.2 Å². The molecule has 9 heteroatoms. The van der Waals surface area contributed by atoms with Gasteiger partial charge in [0.15, 0.2) is 0 Å². The number of benzene rings is 1. The molecule has 0 saturated carbocycles. The van der Waals surface area contributed by atoms with Gasteiger partial charge >= 0.3 is 6.09 Å². The Kier molecular flexibility index (Phi) is 6.07. The Morgan fingerprint density at radius 1 is 1.39 bits per heavy atom. The zero-order chi connectivity index (χ0) is 21.3. The normalized spacial score (nSPS) is 23.6. The molecule has 154 valence electrons. The highest BCUT2D eigenvalue weighted by atomic mass is 32.2. The zero-order valence-corrected chi connectivity index (χ0v) is 17.7. The fraction of sp³-hybridized carbons (Fsp3) is 0.579. The molecule has 3 atom stereocenters. The number of carbonyl (C=O) groups is 1. The molecular weight excluding hydrogens is 385 g/mol. The van der Waals surface area contributed by atoms with Gasteiger partial charge in [0, 0.05) is 11.2 Å². The van der Waals surface area contributed by atoms with Gasteiger partial charge in [0.25, 0.3) is 0 Å². The van der Waals surface area contributed by atoms with E-state index in [0.29, 0.717) is 10.5 Å². The van der Waals surface area contributed by atoms with E-state index in [1.807, 2.05) is 0 Å². The SMILES string of the molecule is CC(C)(C)OC(=O)N1[C@H](CF)[C@@H](c2ccc(S(C)(=O)=NC#N)cc2)OC1(C)C. The van der Waals surface area contributed by atoms with Crippen LogP contribution in [0.15, 0.2) is 33.5 Å². The van der Waals surface area contributed by atoms with Crippen molar-refractivity contribution >= 4 is 15.8 Å². The summed E-state index contributed by atoms with van der Waals surface area (Å²) in [6.45, 7) is 7.76. The highest BCUT2D eigenvalue weighted by Gasteiger charge is 2.51. The van der Waals surface area contributed by atoms with Gasteiger partial charge in [-0.25, -0.2) is 13.4 Å². The maximum Gasteiger partial charge on any atom is 0.413 e. The Morgan fingerprint density at radius 3 is 2.43 bits per heavy atom. The summed E-state index contributed by atoms with van der Waals surface area (Å²) in [5, 5.41) is 8.67. The van der Waals surface area contributed by atoms with Gasteiger partial charge < -0.3 is 9.47 Å². The van der Waals surface area contributed by atoms with Crippen molar-refractivity contribution in [2.75, 3.05) is 12.9 Å². The van der Waals surface area contributed by atoms with Crippen LogP contribution in [0.2, 0.25) is 0 Å². The first-order valence-corrected chi connectivity index (χ1v) is 10.7. The first kappa shape index (κ1) is 22.1. The smallest absolute Gasteiger partial charge is 0.413 e. The van der Waals surface area contributed by atoms with Crippen molar-refractivity contribution in [3.63, 3.8) is 0 Å². The minimum Gasteiger partial charge on any atom is -0.444 e. The number of nitriles is 1. The van der Waals surface area contributed by atoms with Crippen molar-refractivity contribution in [3.05, 3.63) is 29.8 Å². The van der Waals surface area contributed by atoms with Crippen molar-refractivity contribution < 1.29 is 22.9 Å². The largest absolute Gasteiger partial charge is 0.444 e. The van der Waals surface area contributed by atoms with Gasteiger partial charge in [0.05, 0.1) is 15.8 Å². The number of amides is 1. The van der Waals surface area contributed by atoms with Crippen molar-refractivity contribution in [1.82, 2.24) is 4.90 Å². The van der Waals surface area contributed by atoms with Gasteiger partial charge in [0.2, 0.25) is 6.19 Å². The van der Waals surface area contributed by atoms with Crippen LogP contribution in [0.5, 0.6) is 0 Å². The van der Waals surface area contributed by atoms with Crippen LogP contribution in [0, 0.1) is 11.5 Å². The van der Waals surface area contributed by atoms with Crippen molar-refractivity contribution in [2.45, 2.75) is 63.0 Å². The number of carbonyl (C=O) groups excluding carboxylic acids is 1. The molecule has 1 heterocycles. The number of hydrogen-bond donors (Lipinski definition) is 0. The minimum absolute atomic E-state index is 0.385. The van der Waals surface area contributed by atoms with Gasteiger partial charge in [0.1, 0.15) is 24.1 Å². The number of hydrogen-bond acceptors (Lipinski definition) is 6. The summed E-state index contributed by atoms with van der Waals surface area (Å²) in [4.78, 5) is 14.3. The second-order valence-electron chi connectivity index (χ2n) is 8.12. The lowest BCUT2D eigenvalue weighted by Gasteiger charge is -2.34. The maximum atomic E-state index is 14.0. The summed E-state index contributed by atoms with van der Waals surface area (Å²) >= 11 is 0. The average molecular weight is 411 g/mol. The summed E-state index contributed by atoms with van der Waals surface area (Å²) < 4.78 is 41.2. The Hall–Kier alpha value is -2.18. The predicted molar refractivity (Wildman–Crippen MR) is 103 cm³/mol. The van der Waals surface area contributed by atoms with Crippen LogP contribution >= 0.6 is 0 Å². The summed E-state index contributed by atoms with van der Waals surface area (Å²) in [5.41, 5.74) is -1.17. The van der Waals surface area contributed by atoms with Gasteiger partial charge in [-0.15, -0.1) is 4.36 Å². The van der Waals surface area contributed by atoms with E-state index in [0.717, 1.165) is 0 Å². The van der Waals surface area contributed by atoms with Crippen LogP contribution in [0.4, 0.5) is 9.18 Å². The first-order valence-electron chi connectivity index (χ1n) is 8.79. The molecule has 0 aliphatic carbocycles. The fourth-order valence-electron chi connectivity index (χ4n) is 3.13. The summed E-state index contributed by atoms with van der Waals surface area (Å²) in [5.74, 6) is 0. The molecule has 1 aliphatic heterocycles. The van der Waals surface area contributed by atoms with E-state index in [-0.39, 0.29) is 0 Å². The topological polar surface area (TPSA) is 92.0 Å². The van der Waals surface area contributed by atoms with Gasteiger partial charge in [-0.05, 0) is 52.3 Å². The van der Waals surface area contributed by atoms with E-state index in [1.54, 1.807) is 65.1 Å². The number of rotatable bonds is 3. The maximum absolute atomic E-state index is 14.0. The Balaban J connectivity index is 2.37. The molecule has 28 heavy (non-hydrogen) atoms. The summed E-state index contributed by atoms with van der Waals surface area (Å²) in [6, 6.07) is 5.56. The van der Waals surface area contributed by atoms with Crippen molar-refractivity contribution in [1.29, 1.82) is 5.26 Å². The van der Waals surface area contributed by atoms with E-state index in [1.165, 1.54) is 11.2 Å². The molecule has 1 saturated heterocycles. The molecule has 1 aromatic carbocycles. The summed E-state index contributed by atoms with van der Waals surface area (Å²) in [6.07, 6.45) is 1.56. The lowest BCUT2D eigenvalue weighted by molar-refractivity contribution is -0.0797. The quantitative estimate of drug-likeness (QED) is 0.701. The molecule has 0 N–H and O–H groups in total. The third-order valence-corrected chi connectivity index (χ3v) is 5.86. The molecule has 7 nitrogen and oxygen atoms in total. The van der Waals surface area contributed by atoms with Gasteiger partial charge in [-0.3, -0.25) is 4.90 Å². The van der Waals surface area contributed by atoms with E-state index >= 15 is 0 Å². The minimum atomic E-state index is -2.82. The molecule has 0 aromatic heterocycles. The van der Waals surface area contributed by atoms with E-state index in [2.05, 4.69) is 4.36 Å². The molecule has 0 radical (unpaired) electrons. The van der Waals surface area contributed by atoms with E-state index < -0.39 is 46.0 Å². The standard InChI is InChI=1S/C19H26FN3O4S/c1-18(2,3)27-17(24)23-15(11-20)16(26-19(23,4)5)13-7-9-14(10-8-13)28(6,25)22-12-21/h7-10,15-16H,11H2,1-6H3/t15-,16-,28?/m1/s1. The molecule has 1 amide bonds. The number of halogens is 1. The third kappa shape index (κ3) is 4.62. The Labute approximate surface area is 165 Å². The third-order valence-electron chi connectivity index (χ3n) is 4.29. The lowest BCUT2D eigenvalue weighted by atomic mass is 10.0. The summed E-state index contributed by atoms with van der Waals surface area (Å²) in [7, 11) is -2.82.